The van der Waals surface area contributed by atoms with Crippen LogP contribution in [0.1, 0.15) is 32.9 Å². The summed E-state index contributed by atoms with van der Waals surface area (Å²) in [5.41, 5.74) is 1.50. The van der Waals surface area contributed by atoms with Gasteiger partial charge in [0.15, 0.2) is 0 Å². The molecule has 0 amide bonds. The molecule has 76 valence electrons. The number of hydrogen-bond acceptors (Lipinski definition) is 2. The number of nitrogens with zero attached hydrogens (tertiary/aromatic N) is 2. The third kappa shape index (κ3) is 1.86. The Hall–Kier alpha value is -0.340. The van der Waals surface area contributed by atoms with Crippen molar-refractivity contribution < 1.29 is 1.37 Å². The minimum atomic E-state index is -0.376. The molecule has 0 saturated heterocycles. The van der Waals surface area contributed by atoms with E-state index in [1.165, 1.54) is 0 Å². The normalized spacial score (nSPS) is 25.4. The zero-order valence-electron chi connectivity index (χ0n) is 9.14. The number of fused-ring (bicyclic) bond motifs is 1. The molecule has 0 aromatic carbocycles. The Morgan fingerprint density at radius 2 is 2.07 bits per heavy atom. The van der Waals surface area contributed by atoms with Crippen molar-refractivity contribution in [3.05, 3.63) is 21.7 Å². The molecule has 1 aliphatic carbocycles. The summed E-state index contributed by atoms with van der Waals surface area (Å²) in [7, 11) is 0. The summed E-state index contributed by atoms with van der Waals surface area (Å²) in [6.45, 7) is 4.13. The second-order valence-corrected chi connectivity index (χ2v) is 4.98. The Morgan fingerprint density at radius 1 is 1.36 bits per heavy atom. The standard InChI is InChI=1S/C10H12Cl2N2/c1-10(2)4-3-6-7(5-10)13-9(12)14-8(6)11/h3-5H2,1-2H3/i5D. The van der Waals surface area contributed by atoms with Crippen molar-refractivity contribution in [1.29, 1.82) is 0 Å². The highest BCUT2D eigenvalue weighted by Crippen LogP contribution is 2.36. The minimum absolute atomic E-state index is 0.0754. The van der Waals surface area contributed by atoms with E-state index >= 15 is 0 Å². The van der Waals surface area contributed by atoms with E-state index in [0.29, 0.717) is 10.8 Å². The molecule has 0 fully saturated rings. The molecule has 1 aromatic rings. The maximum Gasteiger partial charge on any atom is 0.224 e. The fraction of sp³-hybridized carbons (Fsp3) is 0.600. The molecule has 1 unspecified atom stereocenters. The Morgan fingerprint density at radius 3 is 2.79 bits per heavy atom. The lowest BCUT2D eigenvalue weighted by Crippen LogP contribution is -2.23. The average Bonchev–Trinajstić information content (AvgIpc) is 2.12. The first-order valence-electron chi connectivity index (χ1n) is 5.13. The average molecular weight is 232 g/mol. The highest BCUT2D eigenvalue weighted by atomic mass is 35.5. The molecule has 1 aromatic heterocycles. The number of rotatable bonds is 0. The predicted molar refractivity (Wildman–Crippen MR) is 57.9 cm³/mol. The molecule has 14 heavy (non-hydrogen) atoms. The fourth-order valence-corrected chi connectivity index (χ4v) is 2.18. The number of halogens is 2. The first kappa shape index (κ1) is 8.93. The zero-order chi connectivity index (χ0) is 11.2. The van der Waals surface area contributed by atoms with Crippen LogP contribution in [0.3, 0.4) is 0 Å². The van der Waals surface area contributed by atoms with Crippen LogP contribution in [0.2, 0.25) is 10.4 Å². The van der Waals surface area contributed by atoms with Crippen LogP contribution in [0.4, 0.5) is 0 Å². The van der Waals surface area contributed by atoms with Crippen molar-refractivity contribution in [2.45, 2.75) is 33.1 Å². The molecule has 0 spiro atoms. The Kier molecular flexibility index (Phi) is 2.14. The van der Waals surface area contributed by atoms with Crippen LogP contribution in [0, 0.1) is 5.41 Å². The second-order valence-electron chi connectivity index (χ2n) is 4.28. The van der Waals surface area contributed by atoms with Gasteiger partial charge in [0.25, 0.3) is 0 Å². The van der Waals surface area contributed by atoms with Gasteiger partial charge in [-0.05, 0) is 36.3 Å². The van der Waals surface area contributed by atoms with Gasteiger partial charge in [-0.3, -0.25) is 0 Å². The molecule has 2 rings (SSSR count). The molecular weight excluding hydrogens is 219 g/mol. The summed E-state index contributed by atoms with van der Waals surface area (Å²) in [6, 6.07) is 0. The monoisotopic (exact) mass is 231 g/mol. The third-order valence-electron chi connectivity index (χ3n) is 2.51. The number of hydrogen-bond donors (Lipinski definition) is 0. The Bertz CT molecular complexity index is 407. The van der Waals surface area contributed by atoms with Crippen LogP contribution < -0.4 is 0 Å². The quantitative estimate of drug-likeness (QED) is 0.506. The number of aromatic nitrogens is 2. The van der Waals surface area contributed by atoms with Gasteiger partial charge < -0.3 is 0 Å². The van der Waals surface area contributed by atoms with E-state index in [4.69, 9.17) is 24.6 Å². The highest BCUT2D eigenvalue weighted by Gasteiger charge is 2.28. The molecule has 1 heterocycles. The largest absolute Gasteiger partial charge is 0.224 e. The van der Waals surface area contributed by atoms with Crippen molar-refractivity contribution >= 4 is 23.2 Å². The van der Waals surface area contributed by atoms with Crippen molar-refractivity contribution in [2.75, 3.05) is 0 Å². The third-order valence-corrected chi connectivity index (χ3v) is 2.99. The molecular formula is C10H12Cl2N2. The first-order valence-corrected chi connectivity index (χ1v) is 5.31. The first-order chi connectivity index (χ1) is 6.92. The van der Waals surface area contributed by atoms with Crippen molar-refractivity contribution in [3.8, 4) is 0 Å². The predicted octanol–water partition coefficient (Wildman–Crippen LogP) is 3.30. The van der Waals surface area contributed by atoms with E-state index < -0.39 is 0 Å². The maximum absolute atomic E-state index is 8.14. The van der Waals surface area contributed by atoms with Crippen LogP contribution >= 0.6 is 23.2 Å². The summed E-state index contributed by atoms with van der Waals surface area (Å²) in [5.74, 6) is 0. The van der Waals surface area contributed by atoms with Gasteiger partial charge >= 0.3 is 0 Å². The van der Waals surface area contributed by atoms with Gasteiger partial charge in [-0.15, -0.1) is 0 Å². The highest BCUT2D eigenvalue weighted by molar-refractivity contribution is 6.32. The van der Waals surface area contributed by atoms with Gasteiger partial charge in [0.2, 0.25) is 5.28 Å². The van der Waals surface area contributed by atoms with Gasteiger partial charge in [0.1, 0.15) is 5.15 Å². The molecule has 1 aliphatic rings. The van der Waals surface area contributed by atoms with E-state index in [0.717, 1.165) is 18.4 Å². The van der Waals surface area contributed by atoms with E-state index in [9.17, 15) is 0 Å². The molecule has 0 bridgehead atoms. The summed E-state index contributed by atoms with van der Waals surface area (Å²) < 4.78 is 8.14. The fourth-order valence-electron chi connectivity index (χ4n) is 1.69. The van der Waals surface area contributed by atoms with Gasteiger partial charge in [-0.1, -0.05) is 25.4 Å². The maximum atomic E-state index is 8.14. The lowest BCUT2D eigenvalue weighted by atomic mass is 9.77. The van der Waals surface area contributed by atoms with Crippen LogP contribution in [0.15, 0.2) is 0 Å². The molecule has 0 saturated carbocycles. The minimum Gasteiger partial charge on any atom is -0.223 e. The lowest BCUT2D eigenvalue weighted by molar-refractivity contribution is 0.310. The van der Waals surface area contributed by atoms with Crippen LogP contribution in [0.5, 0.6) is 0 Å². The lowest BCUT2D eigenvalue weighted by Gasteiger charge is -2.30. The van der Waals surface area contributed by atoms with Crippen LogP contribution in [-0.4, -0.2) is 9.97 Å². The summed E-state index contributed by atoms with van der Waals surface area (Å²) in [6.07, 6.45) is 1.38. The van der Waals surface area contributed by atoms with Crippen LogP contribution in [-0.2, 0) is 12.8 Å². The molecule has 4 heteroatoms. The van der Waals surface area contributed by atoms with E-state index in [1.807, 2.05) is 0 Å². The van der Waals surface area contributed by atoms with Gasteiger partial charge in [-0.2, -0.15) is 0 Å². The van der Waals surface area contributed by atoms with Gasteiger partial charge in [0, 0.05) is 6.93 Å². The molecule has 0 radical (unpaired) electrons. The van der Waals surface area contributed by atoms with Crippen molar-refractivity contribution in [2.24, 2.45) is 5.41 Å². The topological polar surface area (TPSA) is 25.8 Å². The molecule has 1 atom stereocenters. The summed E-state index contributed by atoms with van der Waals surface area (Å²) in [4.78, 5) is 8.04. The second kappa shape index (κ2) is 3.35. The van der Waals surface area contributed by atoms with E-state index in [-0.39, 0.29) is 17.1 Å². The molecule has 2 nitrogen and oxygen atoms in total. The van der Waals surface area contributed by atoms with E-state index in [1.54, 1.807) is 0 Å². The van der Waals surface area contributed by atoms with Gasteiger partial charge in [-0.25, -0.2) is 9.97 Å². The van der Waals surface area contributed by atoms with Crippen LogP contribution in [0.25, 0.3) is 0 Å². The SMILES string of the molecule is [2H]C1c2nc(Cl)nc(Cl)c2CCC1(C)C. The molecule has 0 aliphatic heterocycles. The Labute approximate surface area is 95.1 Å². The van der Waals surface area contributed by atoms with Gasteiger partial charge in [0.05, 0.1) is 5.69 Å². The van der Waals surface area contributed by atoms with E-state index in [2.05, 4.69) is 23.8 Å². The van der Waals surface area contributed by atoms with Crippen molar-refractivity contribution in [3.63, 3.8) is 0 Å². The smallest absolute Gasteiger partial charge is 0.223 e. The summed E-state index contributed by atoms with van der Waals surface area (Å²) in [5, 5.41) is 0.534. The van der Waals surface area contributed by atoms with Crippen molar-refractivity contribution in [1.82, 2.24) is 9.97 Å². The zero-order valence-corrected chi connectivity index (χ0v) is 9.65. The Balaban J connectivity index is 2.56. The summed E-state index contributed by atoms with van der Waals surface area (Å²) >= 11 is 11.7. The molecule has 0 N–H and O–H groups in total.